The van der Waals surface area contributed by atoms with E-state index in [1.165, 1.54) is 12.3 Å². The molecule has 3 amide bonds. The number of anilines is 2. The highest BCUT2D eigenvalue weighted by Gasteiger charge is 2.16. The van der Waals surface area contributed by atoms with E-state index in [1.54, 1.807) is 42.5 Å². The van der Waals surface area contributed by atoms with Crippen LogP contribution < -0.4 is 16.0 Å². The fraction of sp³-hybridized carbons (Fsp3) is 0.292. The molecule has 1 aliphatic rings. The molecule has 8 nitrogen and oxygen atoms in total. The van der Waals surface area contributed by atoms with Crippen LogP contribution in [0.25, 0.3) is 11.3 Å². The second-order valence-electron chi connectivity index (χ2n) is 7.69. The van der Waals surface area contributed by atoms with Crippen LogP contribution in [0.1, 0.15) is 25.2 Å². The molecule has 4 rings (SSSR count). The van der Waals surface area contributed by atoms with Gasteiger partial charge in [-0.25, -0.2) is 14.2 Å². The maximum absolute atomic E-state index is 13.9. The van der Waals surface area contributed by atoms with Crippen molar-refractivity contribution in [3.63, 3.8) is 0 Å². The lowest BCUT2D eigenvalue weighted by Gasteiger charge is -2.12. The lowest BCUT2D eigenvalue weighted by molar-refractivity contribution is -0.116. The highest BCUT2D eigenvalue weighted by Crippen LogP contribution is 2.23. The van der Waals surface area contributed by atoms with Gasteiger partial charge in [0.1, 0.15) is 5.82 Å². The summed E-state index contributed by atoms with van der Waals surface area (Å²) in [6, 6.07) is 12.8. The molecule has 3 aromatic rings. The van der Waals surface area contributed by atoms with E-state index in [4.69, 9.17) is 9.15 Å². The number of amides is 3. The third-order valence-corrected chi connectivity index (χ3v) is 5.20. The van der Waals surface area contributed by atoms with Crippen LogP contribution in [0.2, 0.25) is 0 Å². The van der Waals surface area contributed by atoms with E-state index in [2.05, 4.69) is 20.9 Å². The summed E-state index contributed by atoms with van der Waals surface area (Å²) >= 11 is 0. The fourth-order valence-corrected chi connectivity index (χ4v) is 3.48. The first-order valence-corrected chi connectivity index (χ1v) is 10.8. The number of hydrogen-bond donors (Lipinski definition) is 3. The van der Waals surface area contributed by atoms with E-state index >= 15 is 0 Å². The van der Waals surface area contributed by atoms with Crippen molar-refractivity contribution < 1.29 is 23.1 Å². The third-order valence-electron chi connectivity index (χ3n) is 5.20. The number of hydrogen-bond acceptors (Lipinski definition) is 5. The van der Waals surface area contributed by atoms with Crippen LogP contribution in [0.15, 0.2) is 59.1 Å². The molecule has 0 radical (unpaired) electrons. The second-order valence-corrected chi connectivity index (χ2v) is 7.69. The molecule has 1 saturated heterocycles. The van der Waals surface area contributed by atoms with Gasteiger partial charge >= 0.3 is 6.03 Å². The van der Waals surface area contributed by atoms with Crippen LogP contribution in [-0.4, -0.2) is 36.2 Å². The maximum atomic E-state index is 13.9. The average molecular weight is 452 g/mol. The molecular formula is C24H25FN4O4. The van der Waals surface area contributed by atoms with E-state index in [1.807, 2.05) is 0 Å². The number of benzene rings is 2. The molecule has 0 aliphatic carbocycles. The number of nitrogens with zero attached hydrogens (tertiary/aromatic N) is 1. The van der Waals surface area contributed by atoms with Gasteiger partial charge in [0.2, 0.25) is 5.91 Å². The first-order valence-electron chi connectivity index (χ1n) is 10.8. The summed E-state index contributed by atoms with van der Waals surface area (Å²) in [5.74, 6) is 0.0789. The minimum atomic E-state index is -0.392. The van der Waals surface area contributed by atoms with Gasteiger partial charge in [0.15, 0.2) is 11.7 Å². The summed E-state index contributed by atoms with van der Waals surface area (Å²) in [7, 11) is 0. The third kappa shape index (κ3) is 6.39. The van der Waals surface area contributed by atoms with Gasteiger partial charge in [-0.05, 0) is 49.2 Å². The Morgan fingerprint density at radius 2 is 1.82 bits per heavy atom. The van der Waals surface area contributed by atoms with Gasteiger partial charge in [-0.15, -0.1) is 0 Å². The Hall–Kier alpha value is -3.72. The number of aryl methyl sites for hydroxylation is 1. The molecule has 1 aromatic heterocycles. The molecule has 0 bridgehead atoms. The Bertz CT molecular complexity index is 1090. The van der Waals surface area contributed by atoms with Crippen molar-refractivity contribution in [3.05, 3.63) is 66.4 Å². The van der Waals surface area contributed by atoms with Crippen molar-refractivity contribution in [2.24, 2.45) is 0 Å². The standard InChI is InChI=1S/C24H25FN4O4/c25-20-6-2-1-5-19(20)21-15-26-23(33-21)12-11-22(30)28-16-7-9-17(10-8-16)29-24(31)27-14-18-4-3-13-32-18/h1-2,5-10,15,18H,3-4,11-14H2,(H,28,30)(H2,27,29,31). The molecule has 1 fully saturated rings. The molecule has 172 valence electrons. The average Bonchev–Trinajstić information content (AvgIpc) is 3.50. The van der Waals surface area contributed by atoms with Crippen LogP contribution in [0.4, 0.5) is 20.6 Å². The van der Waals surface area contributed by atoms with Crippen molar-refractivity contribution in [2.75, 3.05) is 23.8 Å². The largest absolute Gasteiger partial charge is 0.441 e. The zero-order chi connectivity index (χ0) is 23.0. The van der Waals surface area contributed by atoms with Crippen LogP contribution in [0, 0.1) is 5.82 Å². The predicted octanol–water partition coefficient (Wildman–Crippen LogP) is 4.35. The smallest absolute Gasteiger partial charge is 0.319 e. The molecule has 0 saturated carbocycles. The van der Waals surface area contributed by atoms with Crippen LogP contribution in [0.3, 0.4) is 0 Å². The predicted molar refractivity (Wildman–Crippen MR) is 121 cm³/mol. The molecule has 1 aliphatic heterocycles. The van der Waals surface area contributed by atoms with E-state index in [9.17, 15) is 14.0 Å². The lowest BCUT2D eigenvalue weighted by Crippen LogP contribution is -2.35. The summed E-state index contributed by atoms with van der Waals surface area (Å²) in [6.45, 7) is 1.22. The number of ether oxygens (including phenoxy) is 1. The molecule has 3 N–H and O–H groups in total. The Morgan fingerprint density at radius 3 is 2.55 bits per heavy atom. The molecule has 2 heterocycles. The Morgan fingerprint density at radius 1 is 1.06 bits per heavy atom. The molecule has 0 spiro atoms. The summed E-state index contributed by atoms with van der Waals surface area (Å²) in [5, 5.41) is 8.32. The van der Waals surface area contributed by atoms with Crippen molar-refractivity contribution in [3.8, 4) is 11.3 Å². The Labute approximate surface area is 190 Å². The minimum absolute atomic E-state index is 0.0795. The highest BCUT2D eigenvalue weighted by molar-refractivity contribution is 5.92. The van der Waals surface area contributed by atoms with Gasteiger partial charge in [-0.2, -0.15) is 0 Å². The molecular weight excluding hydrogens is 427 g/mol. The summed E-state index contributed by atoms with van der Waals surface area (Å²) in [6.07, 6.45) is 3.95. The van der Waals surface area contributed by atoms with Crippen molar-refractivity contribution in [1.29, 1.82) is 0 Å². The zero-order valence-corrected chi connectivity index (χ0v) is 18.0. The van der Waals surface area contributed by atoms with Gasteiger partial charge < -0.3 is 25.1 Å². The SMILES string of the molecule is O=C(CCc1ncc(-c2ccccc2F)o1)Nc1ccc(NC(=O)NCC2CCCO2)cc1. The van der Waals surface area contributed by atoms with Crippen LogP contribution in [-0.2, 0) is 16.0 Å². The lowest BCUT2D eigenvalue weighted by atomic mass is 10.2. The van der Waals surface area contributed by atoms with Crippen LogP contribution >= 0.6 is 0 Å². The summed E-state index contributed by atoms with van der Waals surface area (Å²) < 4.78 is 24.9. The van der Waals surface area contributed by atoms with E-state index in [0.29, 0.717) is 35.1 Å². The number of carbonyl (C=O) groups is 2. The van der Waals surface area contributed by atoms with E-state index in [-0.39, 0.29) is 30.9 Å². The first-order chi connectivity index (χ1) is 16.1. The zero-order valence-electron chi connectivity index (χ0n) is 18.0. The van der Waals surface area contributed by atoms with Gasteiger partial charge in [0, 0.05) is 37.4 Å². The van der Waals surface area contributed by atoms with E-state index < -0.39 is 5.82 Å². The molecule has 2 aromatic carbocycles. The van der Waals surface area contributed by atoms with Crippen molar-refractivity contribution in [1.82, 2.24) is 10.3 Å². The molecule has 9 heteroatoms. The summed E-state index contributed by atoms with van der Waals surface area (Å²) in [4.78, 5) is 28.4. The second kappa shape index (κ2) is 10.7. The number of nitrogens with one attached hydrogen (secondary N) is 3. The van der Waals surface area contributed by atoms with Gasteiger partial charge in [0.05, 0.1) is 17.9 Å². The van der Waals surface area contributed by atoms with Gasteiger partial charge in [-0.3, -0.25) is 4.79 Å². The number of carbonyl (C=O) groups excluding carboxylic acids is 2. The molecule has 1 unspecified atom stereocenters. The molecule has 33 heavy (non-hydrogen) atoms. The van der Waals surface area contributed by atoms with Crippen molar-refractivity contribution in [2.45, 2.75) is 31.8 Å². The minimum Gasteiger partial charge on any atom is -0.441 e. The monoisotopic (exact) mass is 452 g/mol. The first kappa shape index (κ1) is 22.5. The Kier molecular flexibility index (Phi) is 7.31. The topological polar surface area (TPSA) is 105 Å². The number of halogens is 1. The van der Waals surface area contributed by atoms with E-state index in [0.717, 1.165) is 19.4 Å². The van der Waals surface area contributed by atoms with Gasteiger partial charge in [0.25, 0.3) is 0 Å². The fourth-order valence-electron chi connectivity index (χ4n) is 3.48. The number of urea groups is 1. The number of rotatable bonds is 8. The number of oxazole rings is 1. The quantitative estimate of drug-likeness (QED) is 0.471. The van der Waals surface area contributed by atoms with Crippen LogP contribution in [0.5, 0.6) is 0 Å². The van der Waals surface area contributed by atoms with Crippen molar-refractivity contribution >= 4 is 23.3 Å². The Balaban J connectivity index is 1.21. The summed E-state index contributed by atoms with van der Waals surface area (Å²) in [5.41, 5.74) is 1.54. The molecule has 1 atom stereocenters. The van der Waals surface area contributed by atoms with Gasteiger partial charge in [-0.1, -0.05) is 12.1 Å². The highest BCUT2D eigenvalue weighted by atomic mass is 19.1. The normalized spacial score (nSPS) is 15.2. The number of aromatic nitrogens is 1. The maximum Gasteiger partial charge on any atom is 0.319 e.